The van der Waals surface area contributed by atoms with Crippen LogP contribution in [0.4, 0.5) is 0 Å². The molecule has 33 heavy (non-hydrogen) atoms. The highest BCUT2D eigenvalue weighted by Gasteiger charge is 2.37. The first-order valence-electron chi connectivity index (χ1n) is 11.1. The van der Waals surface area contributed by atoms with Crippen molar-refractivity contribution in [2.24, 2.45) is 0 Å². The molecule has 0 saturated carbocycles. The summed E-state index contributed by atoms with van der Waals surface area (Å²) in [5.74, 6) is 0.548. The molecule has 0 atom stereocenters. The predicted molar refractivity (Wildman–Crippen MR) is 125 cm³/mol. The second-order valence-corrected chi connectivity index (χ2v) is 12.5. The Morgan fingerprint density at radius 3 is 1.79 bits per heavy atom. The van der Waals surface area contributed by atoms with Crippen molar-refractivity contribution in [3.63, 3.8) is 0 Å². The van der Waals surface area contributed by atoms with Crippen molar-refractivity contribution in [2.45, 2.75) is 23.6 Å². The van der Waals surface area contributed by atoms with Crippen LogP contribution in [0, 0.1) is 6.92 Å². The van der Waals surface area contributed by atoms with E-state index in [0.29, 0.717) is 63.5 Å². The molecule has 0 spiro atoms. The highest BCUT2D eigenvalue weighted by atomic mass is 32.2. The van der Waals surface area contributed by atoms with Crippen LogP contribution in [0.25, 0.3) is 11.0 Å². The van der Waals surface area contributed by atoms with Crippen molar-refractivity contribution in [1.29, 1.82) is 0 Å². The van der Waals surface area contributed by atoms with Crippen LogP contribution < -0.4 is 4.74 Å². The predicted octanol–water partition coefficient (Wildman–Crippen LogP) is 1.01. The van der Waals surface area contributed by atoms with E-state index in [9.17, 15) is 16.8 Å². The third kappa shape index (κ3) is 4.52. The number of benzene rings is 1. The first-order valence-corrected chi connectivity index (χ1v) is 14.0. The minimum absolute atomic E-state index is 0.0601. The maximum absolute atomic E-state index is 13.7. The molecule has 1 aromatic carbocycles. The molecular weight excluding hydrogens is 468 g/mol. The Bertz CT molecular complexity index is 1230. The second-order valence-electron chi connectivity index (χ2n) is 8.65. The number of ether oxygens (including phenoxy) is 1. The lowest BCUT2D eigenvalue weighted by molar-refractivity contribution is 0.221. The van der Waals surface area contributed by atoms with E-state index >= 15 is 0 Å². The quantitative estimate of drug-likeness (QED) is 0.579. The number of rotatable bonds is 6. The molecule has 0 aliphatic carbocycles. The van der Waals surface area contributed by atoms with Gasteiger partial charge in [-0.2, -0.15) is 8.61 Å². The van der Waals surface area contributed by atoms with Gasteiger partial charge >= 0.3 is 0 Å². The smallest absolute Gasteiger partial charge is 0.247 e. The maximum atomic E-state index is 13.7. The largest absolute Gasteiger partial charge is 0.489 e. The average Bonchev–Trinajstić information content (AvgIpc) is 3.15. The number of fused-ring (bicyclic) bond motifs is 1. The van der Waals surface area contributed by atoms with Crippen LogP contribution in [0.15, 0.2) is 26.3 Å². The number of likely N-dealkylation sites (N-methyl/N-ethyl adjacent to an activating group) is 2. The maximum Gasteiger partial charge on any atom is 0.247 e. The van der Waals surface area contributed by atoms with Gasteiger partial charge in [0.15, 0.2) is 11.3 Å². The standard InChI is InChI=1S/C21H32N4O6S2/c1-5-30-21-19(33(28,29)25-12-8-23(4)9-13-25)15-18(17-14-16(2)31-20(17)21)32(26,27)24-10-6-22(3)7-11-24/h14-15H,5-13H2,1-4H3. The van der Waals surface area contributed by atoms with E-state index in [1.54, 1.807) is 19.9 Å². The molecule has 184 valence electrons. The lowest BCUT2D eigenvalue weighted by Gasteiger charge is -2.33. The molecule has 10 nitrogen and oxygen atoms in total. The number of hydrogen-bond donors (Lipinski definition) is 0. The summed E-state index contributed by atoms with van der Waals surface area (Å²) < 4.78 is 69.2. The zero-order valence-electron chi connectivity index (χ0n) is 19.6. The van der Waals surface area contributed by atoms with Gasteiger partial charge in [0, 0.05) is 57.7 Å². The number of piperazine rings is 2. The third-order valence-corrected chi connectivity index (χ3v) is 10.1. The van der Waals surface area contributed by atoms with Gasteiger partial charge in [-0.15, -0.1) is 0 Å². The van der Waals surface area contributed by atoms with Gasteiger partial charge in [-0.05, 0) is 40.1 Å². The molecule has 0 amide bonds. The van der Waals surface area contributed by atoms with Crippen molar-refractivity contribution < 1.29 is 26.0 Å². The first kappa shape index (κ1) is 24.4. The molecular formula is C21H32N4O6S2. The van der Waals surface area contributed by atoms with Crippen molar-refractivity contribution in [1.82, 2.24) is 18.4 Å². The summed E-state index contributed by atoms with van der Waals surface area (Å²) in [6.45, 7) is 7.39. The van der Waals surface area contributed by atoms with Gasteiger partial charge in [0.2, 0.25) is 20.0 Å². The Kier molecular flexibility index (Phi) is 6.78. The molecule has 2 saturated heterocycles. The monoisotopic (exact) mass is 500 g/mol. The molecule has 0 N–H and O–H groups in total. The average molecular weight is 501 g/mol. The summed E-state index contributed by atoms with van der Waals surface area (Å²) in [6.07, 6.45) is 0. The Balaban J connectivity index is 1.91. The Morgan fingerprint density at radius 2 is 1.30 bits per heavy atom. The summed E-state index contributed by atoms with van der Waals surface area (Å²) in [6, 6.07) is 2.90. The fourth-order valence-electron chi connectivity index (χ4n) is 4.26. The molecule has 2 aliphatic heterocycles. The minimum atomic E-state index is -4.01. The Morgan fingerprint density at radius 1 is 0.818 bits per heavy atom. The van der Waals surface area contributed by atoms with Gasteiger partial charge in [0.1, 0.15) is 10.7 Å². The summed E-state index contributed by atoms with van der Waals surface area (Å²) in [5.41, 5.74) is 0.150. The van der Waals surface area contributed by atoms with Crippen LogP contribution in [0.1, 0.15) is 12.7 Å². The van der Waals surface area contributed by atoms with Crippen LogP contribution in [-0.4, -0.2) is 108 Å². The van der Waals surface area contributed by atoms with Crippen LogP contribution in [0.3, 0.4) is 0 Å². The van der Waals surface area contributed by atoms with E-state index in [-0.39, 0.29) is 27.7 Å². The van der Waals surface area contributed by atoms with Crippen molar-refractivity contribution >= 4 is 31.0 Å². The molecule has 0 bridgehead atoms. The van der Waals surface area contributed by atoms with Gasteiger partial charge in [-0.25, -0.2) is 16.8 Å². The summed E-state index contributed by atoms with van der Waals surface area (Å²) in [4.78, 5) is 3.89. The molecule has 0 unspecified atom stereocenters. The SMILES string of the molecule is CCOc1c(S(=O)(=O)N2CCN(C)CC2)cc(S(=O)(=O)N2CCN(C)CC2)c2cc(C)oc12. The normalized spacial score (nSPS) is 20.5. The Hall–Kier alpha value is -1.70. The van der Waals surface area contributed by atoms with Crippen LogP contribution in [0.2, 0.25) is 0 Å². The third-order valence-electron chi connectivity index (χ3n) is 6.26. The molecule has 2 aliphatic rings. The number of aryl methyl sites for hydroxylation is 1. The number of hydrogen-bond acceptors (Lipinski definition) is 8. The molecule has 1 aromatic heterocycles. The summed E-state index contributed by atoms with van der Waals surface area (Å²) >= 11 is 0. The lowest BCUT2D eigenvalue weighted by Crippen LogP contribution is -2.47. The molecule has 3 heterocycles. The molecule has 2 aromatic rings. The van der Waals surface area contributed by atoms with E-state index in [1.165, 1.54) is 14.7 Å². The number of furan rings is 1. The van der Waals surface area contributed by atoms with Crippen LogP contribution in [0.5, 0.6) is 5.75 Å². The highest BCUT2D eigenvalue weighted by Crippen LogP contribution is 2.41. The molecule has 0 radical (unpaired) electrons. The van der Waals surface area contributed by atoms with Crippen LogP contribution >= 0.6 is 0 Å². The van der Waals surface area contributed by atoms with Gasteiger partial charge in [0.25, 0.3) is 0 Å². The van der Waals surface area contributed by atoms with E-state index in [4.69, 9.17) is 9.15 Å². The van der Waals surface area contributed by atoms with E-state index in [1.807, 2.05) is 14.1 Å². The van der Waals surface area contributed by atoms with Crippen molar-refractivity contribution in [2.75, 3.05) is 73.1 Å². The number of sulfonamides is 2. The van der Waals surface area contributed by atoms with Gasteiger partial charge in [-0.1, -0.05) is 0 Å². The van der Waals surface area contributed by atoms with Crippen molar-refractivity contribution in [3.05, 3.63) is 17.9 Å². The van der Waals surface area contributed by atoms with Gasteiger partial charge in [-0.3, -0.25) is 0 Å². The minimum Gasteiger partial charge on any atom is -0.489 e. The van der Waals surface area contributed by atoms with E-state index in [0.717, 1.165) is 0 Å². The van der Waals surface area contributed by atoms with Crippen LogP contribution in [-0.2, 0) is 20.0 Å². The van der Waals surface area contributed by atoms with Gasteiger partial charge in [0.05, 0.1) is 11.5 Å². The topological polar surface area (TPSA) is 104 Å². The molecule has 12 heteroatoms. The Labute approximate surface area is 195 Å². The first-order chi connectivity index (χ1) is 15.6. The fraction of sp³-hybridized carbons (Fsp3) is 0.619. The molecule has 2 fully saturated rings. The van der Waals surface area contributed by atoms with E-state index in [2.05, 4.69) is 9.80 Å². The number of nitrogens with zero attached hydrogens (tertiary/aromatic N) is 4. The zero-order valence-corrected chi connectivity index (χ0v) is 21.2. The van der Waals surface area contributed by atoms with Gasteiger partial charge < -0.3 is 19.0 Å². The zero-order chi connectivity index (χ0) is 24.0. The summed E-state index contributed by atoms with van der Waals surface area (Å²) in [5, 5.41) is 0.340. The van der Waals surface area contributed by atoms with Crippen molar-refractivity contribution in [3.8, 4) is 5.75 Å². The fourth-order valence-corrected chi connectivity index (χ4v) is 7.53. The lowest BCUT2D eigenvalue weighted by atomic mass is 10.2. The summed E-state index contributed by atoms with van der Waals surface area (Å²) in [7, 11) is -4.08. The van der Waals surface area contributed by atoms with E-state index < -0.39 is 20.0 Å². The highest BCUT2D eigenvalue weighted by molar-refractivity contribution is 7.90. The second kappa shape index (κ2) is 9.16. The molecule has 4 rings (SSSR count).